The lowest BCUT2D eigenvalue weighted by atomic mass is 10.00. The summed E-state index contributed by atoms with van der Waals surface area (Å²) in [7, 11) is 0. The number of fused-ring (bicyclic) bond motifs is 1. The molecule has 1 amide bonds. The molecule has 0 aliphatic carbocycles. The fourth-order valence-corrected chi connectivity index (χ4v) is 3.68. The van der Waals surface area contributed by atoms with Gasteiger partial charge in [0.15, 0.2) is 0 Å². The van der Waals surface area contributed by atoms with Gasteiger partial charge in [-0.1, -0.05) is 48.0 Å². The van der Waals surface area contributed by atoms with Gasteiger partial charge in [0, 0.05) is 31.2 Å². The van der Waals surface area contributed by atoms with Crippen molar-refractivity contribution < 1.29 is 4.79 Å². The van der Waals surface area contributed by atoms with E-state index in [2.05, 4.69) is 34.5 Å². The average Bonchev–Trinajstić information content (AvgIpc) is 2.62. The first kappa shape index (κ1) is 18.0. The first-order valence-corrected chi connectivity index (χ1v) is 9.31. The van der Waals surface area contributed by atoms with Crippen LogP contribution in [0.3, 0.4) is 0 Å². The first-order valence-electron chi connectivity index (χ1n) is 8.93. The Balaban J connectivity index is 1.40. The Labute approximate surface area is 155 Å². The SMILES string of the molecule is Cc1cccc(Cl)c1CC(=O)NCCCN1CCc2ccccc2C1. The molecule has 0 spiro atoms. The molecule has 1 aliphatic heterocycles. The highest BCUT2D eigenvalue weighted by Crippen LogP contribution is 2.20. The number of halogens is 1. The summed E-state index contributed by atoms with van der Waals surface area (Å²) < 4.78 is 0. The number of aryl methyl sites for hydroxylation is 1. The maximum Gasteiger partial charge on any atom is 0.224 e. The maximum absolute atomic E-state index is 12.1. The minimum absolute atomic E-state index is 0.0418. The summed E-state index contributed by atoms with van der Waals surface area (Å²) in [6.45, 7) is 5.83. The van der Waals surface area contributed by atoms with Crippen molar-refractivity contribution in [2.24, 2.45) is 0 Å². The molecular formula is C21H25ClN2O. The lowest BCUT2D eigenvalue weighted by molar-refractivity contribution is -0.120. The van der Waals surface area contributed by atoms with E-state index in [9.17, 15) is 4.79 Å². The molecule has 25 heavy (non-hydrogen) atoms. The number of carbonyl (C=O) groups is 1. The van der Waals surface area contributed by atoms with E-state index < -0.39 is 0 Å². The van der Waals surface area contributed by atoms with Crippen LogP contribution in [0.1, 0.15) is 28.7 Å². The van der Waals surface area contributed by atoms with Crippen LogP contribution in [0.5, 0.6) is 0 Å². The molecule has 0 aromatic heterocycles. The van der Waals surface area contributed by atoms with E-state index >= 15 is 0 Å². The van der Waals surface area contributed by atoms with Gasteiger partial charge in [-0.05, 0) is 48.1 Å². The number of amides is 1. The molecule has 0 saturated heterocycles. The topological polar surface area (TPSA) is 32.3 Å². The van der Waals surface area contributed by atoms with Gasteiger partial charge in [0.25, 0.3) is 0 Å². The van der Waals surface area contributed by atoms with E-state index in [-0.39, 0.29) is 5.91 Å². The quantitative estimate of drug-likeness (QED) is 0.799. The number of nitrogens with zero attached hydrogens (tertiary/aromatic N) is 1. The van der Waals surface area contributed by atoms with Crippen molar-refractivity contribution in [3.8, 4) is 0 Å². The molecule has 132 valence electrons. The summed E-state index contributed by atoms with van der Waals surface area (Å²) in [5, 5.41) is 3.69. The molecule has 3 nitrogen and oxygen atoms in total. The monoisotopic (exact) mass is 356 g/mol. The van der Waals surface area contributed by atoms with Crippen LogP contribution < -0.4 is 5.32 Å². The summed E-state index contributed by atoms with van der Waals surface area (Å²) in [5.41, 5.74) is 4.90. The lowest BCUT2D eigenvalue weighted by Gasteiger charge is -2.28. The summed E-state index contributed by atoms with van der Waals surface area (Å²) in [4.78, 5) is 14.6. The molecule has 0 radical (unpaired) electrons. The Morgan fingerprint density at radius 1 is 1.16 bits per heavy atom. The van der Waals surface area contributed by atoms with Crippen molar-refractivity contribution in [3.63, 3.8) is 0 Å². The van der Waals surface area contributed by atoms with Crippen LogP contribution in [-0.2, 0) is 24.2 Å². The van der Waals surface area contributed by atoms with Crippen molar-refractivity contribution in [1.82, 2.24) is 10.2 Å². The molecule has 4 heteroatoms. The van der Waals surface area contributed by atoms with Crippen molar-refractivity contribution in [2.45, 2.75) is 32.7 Å². The largest absolute Gasteiger partial charge is 0.356 e. The zero-order valence-electron chi connectivity index (χ0n) is 14.7. The Hall–Kier alpha value is -1.84. The lowest BCUT2D eigenvalue weighted by Crippen LogP contribution is -2.34. The molecule has 0 unspecified atom stereocenters. The predicted molar refractivity (Wildman–Crippen MR) is 103 cm³/mol. The molecule has 0 saturated carbocycles. The average molecular weight is 357 g/mol. The Kier molecular flexibility index (Phi) is 6.11. The van der Waals surface area contributed by atoms with Crippen LogP contribution >= 0.6 is 11.6 Å². The molecule has 0 atom stereocenters. The molecule has 1 heterocycles. The highest BCUT2D eigenvalue weighted by atomic mass is 35.5. The minimum atomic E-state index is 0.0418. The van der Waals surface area contributed by atoms with Crippen molar-refractivity contribution >= 4 is 17.5 Å². The van der Waals surface area contributed by atoms with Gasteiger partial charge in [-0.25, -0.2) is 0 Å². The summed E-state index contributed by atoms with van der Waals surface area (Å²) in [6.07, 6.45) is 2.44. The second kappa shape index (κ2) is 8.50. The number of hydrogen-bond acceptors (Lipinski definition) is 2. The second-order valence-corrected chi connectivity index (χ2v) is 7.12. The number of carbonyl (C=O) groups excluding carboxylic acids is 1. The highest BCUT2D eigenvalue weighted by molar-refractivity contribution is 6.31. The summed E-state index contributed by atoms with van der Waals surface area (Å²) >= 11 is 6.19. The van der Waals surface area contributed by atoms with Crippen LogP contribution in [0.25, 0.3) is 0 Å². The van der Waals surface area contributed by atoms with Gasteiger partial charge in [-0.2, -0.15) is 0 Å². The van der Waals surface area contributed by atoms with Gasteiger partial charge in [-0.3, -0.25) is 9.69 Å². The Morgan fingerprint density at radius 3 is 2.76 bits per heavy atom. The van der Waals surface area contributed by atoms with Gasteiger partial charge in [0.05, 0.1) is 6.42 Å². The van der Waals surface area contributed by atoms with Gasteiger partial charge in [0.1, 0.15) is 0 Å². The van der Waals surface area contributed by atoms with E-state index in [1.165, 1.54) is 11.1 Å². The van der Waals surface area contributed by atoms with Crippen LogP contribution in [0, 0.1) is 6.92 Å². The minimum Gasteiger partial charge on any atom is -0.356 e. The summed E-state index contributed by atoms with van der Waals surface area (Å²) in [6, 6.07) is 14.4. The van der Waals surface area contributed by atoms with Gasteiger partial charge in [-0.15, -0.1) is 0 Å². The molecule has 1 N–H and O–H groups in total. The molecule has 0 fully saturated rings. The molecule has 1 aliphatic rings. The third kappa shape index (κ3) is 4.83. The van der Waals surface area contributed by atoms with Gasteiger partial charge >= 0.3 is 0 Å². The van der Waals surface area contributed by atoms with Crippen molar-refractivity contribution in [3.05, 3.63) is 69.7 Å². The standard InChI is InChI=1S/C21H25ClN2O/c1-16-6-4-9-20(22)19(16)14-21(25)23-11-5-12-24-13-10-17-7-2-3-8-18(17)15-24/h2-4,6-9H,5,10-15H2,1H3,(H,23,25). The smallest absolute Gasteiger partial charge is 0.224 e. The molecule has 3 rings (SSSR count). The zero-order valence-corrected chi connectivity index (χ0v) is 15.5. The number of hydrogen-bond donors (Lipinski definition) is 1. The molecule has 0 bridgehead atoms. The van der Waals surface area contributed by atoms with Crippen LogP contribution in [0.15, 0.2) is 42.5 Å². The highest BCUT2D eigenvalue weighted by Gasteiger charge is 2.15. The van der Waals surface area contributed by atoms with E-state index in [0.717, 1.165) is 43.6 Å². The molecule has 2 aromatic rings. The summed E-state index contributed by atoms with van der Waals surface area (Å²) in [5.74, 6) is 0.0418. The molecular weight excluding hydrogens is 332 g/mol. The zero-order chi connectivity index (χ0) is 17.6. The maximum atomic E-state index is 12.1. The fraction of sp³-hybridized carbons (Fsp3) is 0.381. The van der Waals surface area contributed by atoms with Crippen LogP contribution in [0.4, 0.5) is 0 Å². The number of benzene rings is 2. The van der Waals surface area contributed by atoms with Gasteiger partial charge < -0.3 is 5.32 Å². The second-order valence-electron chi connectivity index (χ2n) is 6.71. The fourth-order valence-electron chi connectivity index (χ4n) is 3.39. The number of rotatable bonds is 6. The van der Waals surface area contributed by atoms with E-state index in [4.69, 9.17) is 11.6 Å². The Morgan fingerprint density at radius 2 is 1.96 bits per heavy atom. The third-order valence-corrected chi connectivity index (χ3v) is 5.23. The van der Waals surface area contributed by atoms with Gasteiger partial charge in [0.2, 0.25) is 5.91 Å². The number of nitrogens with one attached hydrogen (secondary N) is 1. The van der Waals surface area contributed by atoms with Crippen molar-refractivity contribution in [2.75, 3.05) is 19.6 Å². The van der Waals surface area contributed by atoms with Crippen LogP contribution in [0.2, 0.25) is 5.02 Å². The van der Waals surface area contributed by atoms with E-state index in [1.807, 2.05) is 25.1 Å². The molecule has 2 aromatic carbocycles. The van der Waals surface area contributed by atoms with E-state index in [0.29, 0.717) is 18.0 Å². The van der Waals surface area contributed by atoms with Crippen molar-refractivity contribution in [1.29, 1.82) is 0 Å². The van der Waals surface area contributed by atoms with Crippen LogP contribution in [-0.4, -0.2) is 30.4 Å². The first-order chi connectivity index (χ1) is 12.1. The Bertz CT molecular complexity index is 724. The third-order valence-electron chi connectivity index (χ3n) is 4.87. The normalized spacial score (nSPS) is 14.2. The predicted octanol–water partition coefficient (Wildman–Crippen LogP) is 3.76. The van der Waals surface area contributed by atoms with E-state index in [1.54, 1.807) is 0 Å².